The molecule has 0 saturated carbocycles. The Morgan fingerprint density at radius 2 is 2.27 bits per heavy atom. The molecule has 0 aromatic carbocycles. The van der Waals surface area contributed by atoms with Crippen LogP contribution in [0.5, 0.6) is 0 Å². The lowest BCUT2D eigenvalue weighted by Gasteiger charge is -2.09. The minimum absolute atomic E-state index is 0.0333. The summed E-state index contributed by atoms with van der Waals surface area (Å²) in [5.74, 6) is -0.734. The zero-order valence-electron chi connectivity index (χ0n) is 6.48. The van der Waals surface area contributed by atoms with Gasteiger partial charge in [0, 0.05) is 12.9 Å². The molecule has 66 valence electrons. The van der Waals surface area contributed by atoms with E-state index in [0.29, 0.717) is 5.75 Å². The Morgan fingerprint density at radius 3 is 2.64 bits per heavy atom. The maximum Gasteiger partial charge on any atom is 0.343 e. The summed E-state index contributed by atoms with van der Waals surface area (Å²) in [7, 11) is 1.54. The Bertz CT molecular complexity index is 128. The monoisotopic (exact) mass is 180 g/mol. The van der Waals surface area contributed by atoms with Crippen molar-refractivity contribution in [2.45, 2.75) is 18.5 Å². The minimum Gasteiger partial charge on any atom is -0.479 e. The molecule has 2 unspecified atom stereocenters. The number of carboxylic acids is 1. The summed E-state index contributed by atoms with van der Waals surface area (Å²) in [6.45, 7) is 1.81. The smallest absolute Gasteiger partial charge is 0.343 e. The summed E-state index contributed by atoms with van der Waals surface area (Å²) in [4.78, 5) is 10.1. The number of carbonyl (C=O) groups is 1. The van der Waals surface area contributed by atoms with Crippen LogP contribution in [0.2, 0.25) is 0 Å². The van der Waals surface area contributed by atoms with Crippen molar-refractivity contribution in [3.05, 3.63) is 0 Å². The van der Waals surface area contributed by atoms with E-state index in [4.69, 9.17) is 14.9 Å². The summed E-state index contributed by atoms with van der Waals surface area (Å²) in [5.41, 5.74) is -1.34. The Morgan fingerprint density at radius 1 is 1.73 bits per heavy atom. The Balaban J connectivity index is 3.45. The zero-order chi connectivity index (χ0) is 8.85. The number of thioether (sulfide) groups is 1. The molecule has 0 fully saturated rings. The molecule has 0 saturated heterocycles. The molecule has 0 aliphatic rings. The van der Waals surface area contributed by atoms with Gasteiger partial charge in [-0.2, -0.15) is 0 Å². The maximum absolute atomic E-state index is 10.1. The van der Waals surface area contributed by atoms with E-state index in [1.165, 1.54) is 0 Å². The molecule has 0 bridgehead atoms. The fourth-order valence-corrected chi connectivity index (χ4v) is 1.10. The van der Waals surface area contributed by atoms with Gasteiger partial charge in [-0.25, -0.2) is 4.79 Å². The van der Waals surface area contributed by atoms with Crippen LogP contribution >= 0.6 is 11.8 Å². The van der Waals surface area contributed by atoms with Gasteiger partial charge in [0.1, 0.15) is 0 Å². The van der Waals surface area contributed by atoms with E-state index >= 15 is 0 Å². The number of carboxylic acid groups (broad SMARTS) is 1. The number of aliphatic carboxylic acids is 1. The van der Waals surface area contributed by atoms with E-state index in [1.54, 1.807) is 7.11 Å². The van der Waals surface area contributed by atoms with Crippen LogP contribution in [0.15, 0.2) is 0 Å². The van der Waals surface area contributed by atoms with Crippen molar-refractivity contribution in [3.8, 4) is 0 Å². The molecular weight excluding hydrogens is 168 g/mol. The highest BCUT2D eigenvalue weighted by Crippen LogP contribution is 2.10. The van der Waals surface area contributed by atoms with Crippen LogP contribution in [0.4, 0.5) is 0 Å². The van der Waals surface area contributed by atoms with E-state index in [9.17, 15) is 4.79 Å². The van der Waals surface area contributed by atoms with Gasteiger partial charge < -0.3 is 14.9 Å². The highest BCUT2D eigenvalue weighted by Gasteiger charge is 2.14. The standard InChI is InChI=1S/C6H12O4S/c1-4(10-2)3-11-6(9)5(7)8/h4,6,9H,3H2,1-2H3,(H,7,8). The number of aliphatic hydroxyl groups excluding tert-OH is 1. The first-order valence-electron chi connectivity index (χ1n) is 3.13. The largest absolute Gasteiger partial charge is 0.479 e. The molecule has 0 aliphatic carbocycles. The quantitative estimate of drug-likeness (QED) is 0.590. The van der Waals surface area contributed by atoms with Gasteiger partial charge in [0.2, 0.25) is 0 Å². The van der Waals surface area contributed by atoms with Crippen LogP contribution in [-0.4, -0.2) is 40.6 Å². The summed E-state index contributed by atoms with van der Waals surface area (Å²) >= 11 is 0.948. The summed E-state index contributed by atoms with van der Waals surface area (Å²) in [6.07, 6.45) is -0.0333. The number of methoxy groups -OCH3 is 1. The lowest BCUT2D eigenvalue weighted by molar-refractivity contribution is -0.141. The van der Waals surface area contributed by atoms with Crippen molar-refractivity contribution in [2.75, 3.05) is 12.9 Å². The first-order chi connectivity index (χ1) is 5.07. The molecule has 0 aromatic heterocycles. The van der Waals surface area contributed by atoms with Crippen molar-refractivity contribution in [2.24, 2.45) is 0 Å². The van der Waals surface area contributed by atoms with Crippen molar-refractivity contribution < 1.29 is 19.7 Å². The average molecular weight is 180 g/mol. The fraction of sp³-hybridized carbons (Fsp3) is 0.833. The van der Waals surface area contributed by atoms with Crippen LogP contribution in [0.25, 0.3) is 0 Å². The number of rotatable bonds is 5. The van der Waals surface area contributed by atoms with Gasteiger partial charge >= 0.3 is 5.97 Å². The molecule has 0 aromatic rings. The second kappa shape index (κ2) is 5.40. The third-order valence-electron chi connectivity index (χ3n) is 1.10. The van der Waals surface area contributed by atoms with Gasteiger partial charge in [-0.05, 0) is 6.92 Å². The molecule has 0 radical (unpaired) electrons. The Hall–Kier alpha value is -0.260. The first-order valence-corrected chi connectivity index (χ1v) is 4.18. The van der Waals surface area contributed by atoms with Crippen LogP contribution in [-0.2, 0) is 9.53 Å². The van der Waals surface area contributed by atoms with Gasteiger partial charge in [-0.15, -0.1) is 11.8 Å². The molecule has 0 rings (SSSR count). The van der Waals surface area contributed by atoms with Crippen LogP contribution in [0.1, 0.15) is 6.92 Å². The summed E-state index contributed by atoms with van der Waals surface area (Å²) in [6, 6.07) is 0. The molecule has 2 N–H and O–H groups in total. The molecule has 0 heterocycles. The topological polar surface area (TPSA) is 66.8 Å². The molecular formula is C6H12O4S. The molecule has 0 amide bonds. The van der Waals surface area contributed by atoms with E-state index in [2.05, 4.69) is 0 Å². The minimum atomic E-state index is -1.34. The number of aliphatic hydroxyl groups is 1. The molecule has 0 spiro atoms. The molecule has 4 nitrogen and oxygen atoms in total. The molecule has 2 atom stereocenters. The normalized spacial score (nSPS) is 15.9. The van der Waals surface area contributed by atoms with Gasteiger partial charge in [0.25, 0.3) is 0 Å². The molecule has 0 aliphatic heterocycles. The van der Waals surface area contributed by atoms with Crippen molar-refractivity contribution in [3.63, 3.8) is 0 Å². The number of hydrogen-bond donors (Lipinski definition) is 2. The van der Waals surface area contributed by atoms with Crippen LogP contribution in [0.3, 0.4) is 0 Å². The lowest BCUT2D eigenvalue weighted by Crippen LogP contribution is -2.19. The van der Waals surface area contributed by atoms with Gasteiger partial charge in [0.15, 0.2) is 5.44 Å². The second-order valence-electron chi connectivity index (χ2n) is 2.07. The summed E-state index contributed by atoms with van der Waals surface area (Å²) < 4.78 is 4.86. The lowest BCUT2D eigenvalue weighted by atomic mass is 10.5. The Kier molecular flexibility index (Phi) is 5.27. The number of hydrogen-bond acceptors (Lipinski definition) is 4. The van der Waals surface area contributed by atoms with Gasteiger partial charge in [0.05, 0.1) is 6.10 Å². The van der Waals surface area contributed by atoms with Crippen LogP contribution in [0, 0.1) is 0 Å². The maximum atomic E-state index is 10.1. The van der Waals surface area contributed by atoms with E-state index < -0.39 is 11.4 Å². The molecule has 5 heteroatoms. The average Bonchev–Trinajstić information content (AvgIpc) is 1.99. The van der Waals surface area contributed by atoms with Gasteiger partial charge in [-0.3, -0.25) is 0 Å². The highest BCUT2D eigenvalue weighted by atomic mass is 32.2. The molecule has 11 heavy (non-hydrogen) atoms. The van der Waals surface area contributed by atoms with Crippen molar-refractivity contribution in [1.82, 2.24) is 0 Å². The Labute approximate surface area is 69.6 Å². The van der Waals surface area contributed by atoms with E-state index in [1.807, 2.05) is 6.92 Å². The fourth-order valence-electron chi connectivity index (χ4n) is 0.366. The van der Waals surface area contributed by atoms with E-state index in [-0.39, 0.29) is 6.10 Å². The third-order valence-corrected chi connectivity index (χ3v) is 2.28. The van der Waals surface area contributed by atoms with E-state index in [0.717, 1.165) is 11.8 Å². The van der Waals surface area contributed by atoms with Crippen molar-refractivity contribution in [1.29, 1.82) is 0 Å². The first kappa shape index (κ1) is 10.7. The second-order valence-corrected chi connectivity index (χ2v) is 3.18. The highest BCUT2D eigenvalue weighted by molar-refractivity contribution is 8.00. The van der Waals surface area contributed by atoms with Crippen molar-refractivity contribution >= 4 is 17.7 Å². The summed E-state index contributed by atoms with van der Waals surface area (Å²) in [5, 5.41) is 17.0. The predicted octanol–water partition coefficient (Wildman–Crippen LogP) is 0.157. The third kappa shape index (κ3) is 5.06. The van der Waals surface area contributed by atoms with Gasteiger partial charge in [-0.1, -0.05) is 0 Å². The SMILES string of the molecule is COC(C)CSC(O)C(=O)O. The predicted molar refractivity (Wildman–Crippen MR) is 42.6 cm³/mol. The van der Waals surface area contributed by atoms with Crippen LogP contribution < -0.4 is 0 Å². The zero-order valence-corrected chi connectivity index (χ0v) is 7.30. The number of ether oxygens (including phenoxy) is 1.